The molecule has 0 N–H and O–H groups in total. The summed E-state index contributed by atoms with van der Waals surface area (Å²) in [5, 5.41) is 0. The van der Waals surface area contributed by atoms with Gasteiger partial charge in [-0.1, -0.05) is 20.8 Å². The average molecular weight is 161 g/mol. The van der Waals surface area contributed by atoms with Gasteiger partial charge in [0.2, 0.25) is 0 Å². The first-order valence-electron chi connectivity index (χ1n) is 4.48. The summed E-state index contributed by atoms with van der Waals surface area (Å²) < 4.78 is 4.92. The zero-order valence-corrected chi connectivity index (χ0v) is 8.68. The van der Waals surface area contributed by atoms with Crippen LogP contribution in [0.15, 0.2) is 0 Å². The molecule has 0 unspecified atom stereocenters. The molecule has 0 aliphatic rings. The summed E-state index contributed by atoms with van der Waals surface area (Å²) in [6.07, 6.45) is 1.22. The first-order valence-corrected chi connectivity index (χ1v) is 4.48. The third-order valence-corrected chi connectivity index (χ3v) is 1.28. The minimum atomic E-state index is 0.844. The fraction of sp³-hybridized carbons (Fsp3) is 1.00. The minimum Gasteiger partial charge on any atom is -0.383 e. The van der Waals surface area contributed by atoms with E-state index in [2.05, 4.69) is 18.9 Å². The number of ether oxygens (including phenoxy) is 1. The van der Waals surface area contributed by atoms with Crippen LogP contribution in [-0.2, 0) is 4.74 Å². The second-order valence-electron chi connectivity index (χ2n) is 2.30. The highest BCUT2D eigenvalue weighted by atomic mass is 16.5. The molecule has 0 spiro atoms. The third kappa shape index (κ3) is 13.0. The normalized spacial score (nSPS) is 9.27. The summed E-state index contributed by atoms with van der Waals surface area (Å²) in [6, 6.07) is 0. The molecule has 0 amide bonds. The molecule has 0 atom stereocenters. The molecule has 0 bridgehead atoms. The monoisotopic (exact) mass is 161 g/mol. The summed E-state index contributed by atoms with van der Waals surface area (Å²) in [7, 11) is 3.85. The van der Waals surface area contributed by atoms with Crippen LogP contribution in [0.5, 0.6) is 0 Å². The molecule has 2 nitrogen and oxygen atoms in total. The predicted molar refractivity (Wildman–Crippen MR) is 51.0 cm³/mol. The maximum Gasteiger partial charge on any atom is 0.0589 e. The van der Waals surface area contributed by atoms with Crippen LogP contribution in [0.4, 0.5) is 0 Å². The number of likely N-dealkylation sites (N-methyl/N-ethyl adjacent to an activating group) is 1. The van der Waals surface area contributed by atoms with Crippen molar-refractivity contribution in [1.82, 2.24) is 4.90 Å². The van der Waals surface area contributed by atoms with Crippen molar-refractivity contribution in [3.05, 3.63) is 0 Å². The van der Waals surface area contributed by atoms with E-state index in [1.165, 1.54) is 13.0 Å². The SMILES string of the molecule is CC.CCCN(C)CCOC. The Balaban J connectivity index is 0. The van der Waals surface area contributed by atoms with E-state index in [0.29, 0.717) is 0 Å². The van der Waals surface area contributed by atoms with Gasteiger partial charge in [-0.15, -0.1) is 0 Å². The predicted octanol–water partition coefficient (Wildman–Crippen LogP) is 2.00. The van der Waals surface area contributed by atoms with E-state index in [1.807, 2.05) is 13.8 Å². The Morgan fingerprint density at radius 1 is 1.18 bits per heavy atom. The number of rotatable bonds is 5. The number of nitrogens with zero attached hydrogens (tertiary/aromatic N) is 1. The zero-order chi connectivity index (χ0) is 9.11. The number of hydrogen-bond acceptors (Lipinski definition) is 2. The first-order chi connectivity index (χ1) is 5.31. The van der Waals surface area contributed by atoms with Gasteiger partial charge in [-0.05, 0) is 20.0 Å². The van der Waals surface area contributed by atoms with Crippen molar-refractivity contribution in [2.24, 2.45) is 0 Å². The third-order valence-electron chi connectivity index (χ3n) is 1.28. The van der Waals surface area contributed by atoms with Crippen LogP contribution in [0.25, 0.3) is 0 Å². The van der Waals surface area contributed by atoms with Crippen molar-refractivity contribution < 1.29 is 4.74 Å². The average Bonchev–Trinajstić information content (AvgIpc) is 2.05. The highest BCUT2D eigenvalue weighted by Gasteiger charge is 1.92. The van der Waals surface area contributed by atoms with E-state index in [9.17, 15) is 0 Å². The molecule has 0 rings (SSSR count). The van der Waals surface area contributed by atoms with Gasteiger partial charge in [-0.2, -0.15) is 0 Å². The number of methoxy groups -OCH3 is 1. The molecule has 0 heterocycles. The van der Waals surface area contributed by atoms with Crippen molar-refractivity contribution in [2.45, 2.75) is 27.2 Å². The Kier molecular flexibility index (Phi) is 15.4. The Morgan fingerprint density at radius 2 is 1.73 bits per heavy atom. The first kappa shape index (κ1) is 13.5. The van der Waals surface area contributed by atoms with Gasteiger partial charge in [0.1, 0.15) is 0 Å². The highest BCUT2D eigenvalue weighted by Crippen LogP contribution is 1.84. The summed E-state index contributed by atoms with van der Waals surface area (Å²) in [5.41, 5.74) is 0. The van der Waals surface area contributed by atoms with E-state index < -0.39 is 0 Å². The van der Waals surface area contributed by atoms with Gasteiger partial charge in [-0.25, -0.2) is 0 Å². The van der Waals surface area contributed by atoms with Crippen molar-refractivity contribution in [1.29, 1.82) is 0 Å². The highest BCUT2D eigenvalue weighted by molar-refractivity contribution is 4.46. The maximum absolute atomic E-state index is 4.92. The molecule has 0 saturated carbocycles. The Labute approximate surface area is 71.5 Å². The molecule has 2 heteroatoms. The molecular formula is C9H23NO. The fourth-order valence-corrected chi connectivity index (χ4v) is 0.741. The fourth-order valence-electron chi connectivity index (χ4n) is 0.741. The van der Waals surface area contributed by atoms with Gasteiger partial charge in [0, 0.05) is 13.7 Å². The van der Waals surface area contributed by atoms with Crippen molar-refractivity contribution in [3.8, 4) is 0 Å². The molecule has 0 aromatic rings. The zero-order valence-electron chi connectivity index (χ0n) is 8.68. The van der Waals surface area contributed by atoms with Crippen LogP contribution in [0, 0.1) is 0 Å². The Morgan fingerprint density at radius 3 is 2.09 bits per heavy atom. The second kappa shape index (κ2) is 12.6. The van der Waals surface area contributed by atoms with Crippen LogP contribution >= 0.6 is 0 Å². The standard InChI is InChI=1S/C7H17NO.C2H6/c1-4-5-8(2)6-7-9-3;1-2/h4-7H2,1-3H3;1-2H3. The van der Waals surface area contributed by atoms with Crippen molar-refractivity contribution >= 4 is 0 Å². The van der Waals surface area contributed by atoms with Crippen LogP contribution in [-0.4, -0.2) is 38.8 Å². The molecule has 0 aromatic carbocycles. The van der Waals surface area contributed by atoms with Crippen LogP contribution < -0.4 is 0 Å². The van der Waals surface area contributed by atoms with Gasteiger partial charge in [0.05, 0.1) is 6.61 Å². The molecule has 70 valence electrons. The van der Waals surface area contributed by atoms with Crippen LogP contribution in [0.2, 0.25) is 0 Å². The van der Waals surface area contributed by atoms with Crippen molar-refractivity contribution in [2.75, 3.05) is 33.9 Å². The lowest BCUT2D eigenvalue weighted by Crippen LogP contribution is -2.23. The van der Waals surface area contributed by atoms with Crippen molar-refractivity contribution in [3.63, 3.8) is 0 Å². The summed E-state index contributed by atoms with van der Waals surface area (Å²) in [4.78, 5) is 2.27. The van der Waals surface area contributed by atoms with E-state index in [0.717, 1.165) is 13.2 Å². The van der Waals surface area contributed by atoms with E-state index in [4.69, 9.17) is 4.74 Å². The summed E-state index contributed by atoms with van der Waals surface area (Å²) in [5.74, 6) is 0. The van der Waals surface area contributed by atoms with E-state index in [-0.39, 0.29) is 0 Å². The second-order valence-corrected chi connectivity index (χ2v) is 2.30. The van der Waals surface area contributed by atoms with E-state index in [1.54, 1.807) is 7.11 Å². The van der Waals surface area contributed by atoms with Gasteiger partial charge in [0.25, 0.3) is 0 Å². The lowest BCUT2D eigenvalue weighted by molar-refractivity contribution is 0.161. The molecule has 0 fully saturated rings. The van der Waals surface area contributed by atoms with Gasteiger partial charge in [0.15, 0.2) is 0 Å². The largest absolute Gasteiger partial charge is 0.383 e. The summed E-state index contributed by atoms with van der Waals surface area (Å²) in [6.45, 7) is 9.24. The topological polar surface area (TPSA) is 12.5 Å². The molecule has 0 aliphatic heterocycles. The Bertz CT molecular complexity index is 57.5. The van der Waals surface area contributed by atoms with Gasteiger partial charge >= 0.3 is 0 Å². The van der Waals surface area contributed by atoms with Gasteiger partial charge < -0.3 is 9.64 Å². The maximum atomic E-state index is 4.92. The lowest BCUT2D eigenvalue weighted by atomic mass is 10.4. The molecule has 0 saturated heterocycles. The molecule has 0 aromatic heterocycles. The number of hydrogen-bond donors (Lipinski definition) is 0. The smallest absolute Gasteiger partial charge is 0.0589 e. The minimum absolute atomic E-state index is 0.844. The molecule has 0 radical (unpaired) electrons. The molecule has 0 aliphatic carbocycles. The molecule has 11 heavy (non-hydrogen) atoms. The van der Waals surface area contributed by atoms with Gasteiger partial charge in [-0.3, -0.25) is 0 Å². The summed E-state index contributed by atoms with van der Waals surface area (Å²) >= 11 is 0. The van der Waals surface area contributed by atoms with Crippen LogP contribution in [0.3, 0.4) is 0 Å². The quantitative estimate of drug-likeness (QED) is 0.611. The lowest BCUT2D eigenvalue weighted by Gasteiger charge is -2.13. The molecular weight excluding hydrogens is 138 g/mol. The Hall–Kier alpha value is -0.0800. The van der Waals surface area contributed by atoms with Crippen LogP contribution in [0.1, 0.15) is 27.2 Å². The van der Waals surface area contributed by atoms with E-state index >= 15 is 0 Å².